The van der Waals surface area contributed by atoms with Gasteiger partial charge in [0.2, 0.25) is 5.91 Å². The molecule has 0 saturated carbocycles. The number of rotatable bonds is 7. The standard InChI is InChI=1S/C30H29ClF2N6O4/c1-16-10-26-24(15-37(16)28(41)20-6-9-25(31)21(11-20)12-34)27-29(42)38(14-22(39(27)36-26)13-35-18(3)40)17(2)19-4-7-23(8-5-19)43-30(32)33/h4-9,11,16-17,22,30H,10,13-15H2,1-3H3,(H,35,40)/t16-,17-,22+/m1/s1. The number of amides is 3. The summed E-state index contributed by atoms with van der Waals surface area (Å²) in [6.45, 7) is 2.77. The van der Waals surface area contributed by atoms with E-state index in [0.717, 1.165) is 0 Å². The number of hydrogen-bond donors (Lipinski definition) is 1. The Morgan fingerprint density at radius 3 is 2.60 bits per heavy atom. The van der Waals surface area contributed by atoms with Crippen LogP contribution in [0.5, 0.6) is 5.75 Å². The first-order valence-electron chi connectivity index (χ1n) is 13.7. The average molecular weight is 611 g/mol. The number of carbonyl (C=O) groups is 3. The Labute approximate surface area is 251 Å². The smallest absolute Gasteiger partial charge is 0.387 e. The number of ether oxygens (including phenoxy) is 1. The molecule has 3 amide bonds. The zero-order chi connectivity index (χ0) is 31.0. The van der Waals surface area contributed by atoms with Crippen molar-refractivity contribution >= 4 is 29.3 Å². The highest BCUT2D eigenvalue weighted by molar-refractivity contribution is 6.31. The predicted molar refractivity (Wildman–Crippen MR) is 152 cm³/mol. The normalized spacial score (nSPS) is 18.5. The number of nitrogens with one attached hydrogen (secondary N) is 1. The van der Waals surface area contributed by atoms with Crippen LogP contribution in [0.3, 0.4) is 0 Å². The van der Waals surface area contributed by atoms with Gasteiger partial charge in [-0.15, -0.1) is 0 Å². The lowest BCUT2D eigenvalue weighted by atomic mass is 9.96. The molecular weight excluding hydrogens is 582 g/mol. The molecule has 3 heterocycles. The molecular formula is C30H29ClF2N6O4. The van der Waals surface area contributed by atoms with Crippen LogP contribution >= 0.6 is 11.6 Å². The van der Waals surface area contributed by atoms with Crippen molar-refractivity contribution in [3.63, 3.8) is 0 Å². The molecule has 5 rings (SSSR count). The van der Waals surface area contributed by atoms with Crippen molar-refractivity contribution in [2.24, 2.45) is 0 Å². The molecule has 0 aliphatic carbocycles. The molecule has 0 fully saturated rings. The quantitative estimate of drug-likeness (QED) is 0.421. The number of fused-ring (bicyclic) bond motifs is 3. The number of aromatic nitrogens is 2. The molecule has 3 atom stereocenters. The van der Waals surface area contributed by atoms with Crippen LogP contribution in [-0.4, -0.2) is 63.0 Å². The minimum Gasteiger partial charge on any atom is -0.435 e. The van der Waals surface area contributed by atoms with Gasteiger partial charge in [0.25, 0.3) is 11.8 Å². The molecule has 1 N–H and O–H groups in total. The lowest BCUT2D eigenvalue weighted by molar-refractivity contribution is -0.119. The van der Waals surface area contributed by atoms with E-state index in [-0.39, 0.29) is 65.8 Å². The molecule has 43 heavy (non-hydrogen) atoms. The van der Waals surface area contributed by atoms with E-state index in [1.54, 1.807) is 32.7 Å². The Morgan fingerprint density at radius 1 is 1.23 bits per heavy atom. The van der Waals surface area contributed by atoms with Crippen molar-refractivity contribution in [1.29, 1.82) is 5.26 Å². The molecule has 2 aliphatic heterocycles. The van der Waals surface area contributed by atoms with Crippen LogP contribution in [0.2, 0.25) is 5.02 Å². The van der Waals surface area contributed by atoms with Gasteiger partial charge in [0.15, 0.2) is 0 Å². The number of nitriles is 1. The van der Waals surface area contributed by atoms with Gasteiger partial charge >= 0.3 is 6.61 Å². The van der Waals surface area contributed by atoms with Crippen LogP contribution in [0.4, 0.5) is 8.78 Å². The SMILES string of the molecule is CC(=O)NC[C@H]1CN([C@H](C)c2ccc(OC(F)F)cc2)C(=O)c2c3c(nn21)C[C@@H](C)N(C(=O)c1ccc(Cl)c(C#N)c1)C3. The van der Waals surface area contributed by atoms with Crippen LogP contribution in [-0.2, 0) is 17.8 Å². The minimum atomic E-state index is -2.95. The van der Waals surface area contributed by atoms with E-state index in [9.17, 15) is 28.4 Å². The van der Waals surface area contributed by atoms with Crippen LogP contribution < -0.4 is 10.1 Å². The van der Waals surface area contributed by atoms with E-state index >= 15 is 0 Å². The third kappa shape index (κ3) is 5.90. The predicted octanol–water partition coefficient (Wildman–Crippen LogP) is 4.49. The summed E-state index contributed by atoms with van der Waals surface area (Å²) in [5.41, 5.74) is 2.86. The summed E-state index contributed by atoms with van der Waals surface area (Å²) in [5.74, 6) is -0.822. The summed E-state index contributed by atoms with van der Waals surface area (Å²) in [6, 6.07) is 11.5. The number of halogens is 3. The molecule has 2 aliphatic rings. The molecule has 1 aromatic heterocycles. The Balaban J connectivity index is 1.49. The van der Waals surface area contributed by atoms with E-state index in [1.807, 2.05) is 19.9 Å². The highest BCUT2D eigenvalue weighted by atomic mass is 35.5. The molecule has 0 saturated heterocycles. The maximum Gasteiger partial charge on any atom is 0.387 e. The van der Waals surface area contributed by atoms with Gasteiger partial charge in [-0.2, -0.15) is 19.1 Å². The fraction of sp³-hybridized carbons (Fsp3) is 0.367. The number of hydrogen-bond acceptors (Lipinski definition) is 6. The summed E-state index contributed by atoms with van der Waals surface area (Å²) in [7, 11) is 0. The van der Waals surface area contributed by atoms with Crippen molar-refractivity contribution in [1.82, 2.24) is 24.9 Å². The van der Waals surface area contributed by atoms with Crippen LogP contribution in [0, 0.1) is 11.3 Å². The van der Waals surface area contributed by atoms with Gasteiger partial charge in [-0.25, -0.2) is 0 Å². The second-order valence-electron chi connectivity index (χ2n) is 10.7. The highest BCUT2D eigenvalue weighted by Crippen LogP contribution is 2.36. The summed E-state index contributed by atoms with van der Waals surface area (Å²) < 4.78 is 31.4. The molecule has 3 aromatic rings. The molecule has 2 aromatic carbocycles. The molecule has 10 nitrogen and oxygen atoms in total. The van der Waals surface area contributed by atoms with Crippen molar-refractivity contribution in [3.8, 4) is 11.8 Å². The fourth-order valence-corrected chi connectivity index (χ4v) is 5.77. The molecule has 0 spiro atoms. The Kier molecular flexibility index (Phi) is 8.37. The van der Waals surface area contributed by atoms with Gasteiger partial charge in [-0.05, 0) is 49.7 Å². The molecule has 0 unspecified atom stereocenters. The summed E-state index contributed by atoms with van der Waals surface area (Å²) >= 11 is 6.07. The maximum absolute atomic E-state index is 14.1. The zero-order valence-corrected chi connectivity index (χ0v) is 24.4. The lowest BCUT2D eigenvalue weighted by Gasteiger charge is -2.38. The fourth-order valence-electron chi connectivity index (χ4n) is 5.61. The zero-order valence-electron chi connectivity index (χ0n) is 23.7. The van der Waals surface area contributed by atoms with Crippen molar-refractivity contribution < 1.29 is 27.9 Å². The molecule has 224 valence electrons. The monoisotopic (exact) mass is 610 g/mol. The third-order valence-electron chi connectivity index (χ3n) is 7.89. The van der Waals surface area contributed by atoms with E-state index in [1.165, 1.54) is 31.2 Å². The first-order chi connectivity index (χ1) is 20.5. The van der Waals surface area contributed by atoms with Gasteiger partial charge < -0.3 is 19.9 Å². The number of benzene rings is 2. The first kappa shape index (κ1) is 30.0. The third-order valence-corrected chi connectivity index (χ3v) is 8.22. The summed E-state index contributed by atoms with van der Waals surface area (Å²) in [4.78, 5) is 42.8. The highest BCUT2D eigenvalue weighted by Gasteiger charge is 2.41. The van der Waals surface area contributed by atoms with Gasteiger partial charge in [-0.3, -0.25) is 19.1 Å². The lowest BCUT2D eigenvalue weighted by Crippen LogP contribution is -2.48. The largest absolute Gasteiger partial charge is 0.435 e. The minimum absolute atomic E-state index is 0.00746. The van der Waals surface area contributed by atoms with Crippen LogP contribution in [0.25, 0.3) is 0 Å². The summed E-state index contributed by atoms with van der Waals surface area (Å²) in [5, 5.41) is 17.2. The summed E-state index contributed by atoms with van der Waals surface area (Å²) in [6.07, 6.45) is 0.404. The van der Waals surface area contributed by atoms with Crippen LogP contribution in [0.1, 0.15) is 76.1 Å². The van der Waals surface area contributed by atoms with E-state index in [0.29, 0.717) is 34.5 Å². The Morgan fingerprint density at radius 2 is 1.95 bits per heavy atom. The number of nitrogens with zero attached hydrogens (tertiary/aromatic N) is 5. The van der Waals surface area contributed by atoms with E-state index in [2.05, 4.69) is 10.1 Å². The molecule has 0 radical (unpaired) electrons. The van der Waals surface area contributed by atoms with Gasteiger partial charge in [-0.1, -0.05) is 23.7 Å². The number of alkyl halides is 2. The van der Waals surface area contributed by atoms with Gasteiger partial charge in [0.1, 0.15) is 17.5 Å². The van der Waals surface area contributed by atoms with E-state index in [4.69, 9.17) is 16.7 Å². The van der Waals surface area contributed by atoms with Crippen molar-refractivity contribution in [2.75, 3.05) is 13.1 Å². The maximum atomic E-state index is 14.1. The van der Waals surface area contributed by atoms with Gasteiger partial charge in [0.05, 0.1) is 34.9 Å². The first-order valence-corrected chi connectivity index (χ1v) is 14.1. The van der Waals surface area contributed by atoms with Crippen LogP contribution in [0.15, 0.2) is 42.5 Å². The molecule has 13 heteroatoms. The van der Waals surface area contributed by atoms with Crippen molar-refractivity contribution in [3.05, 3.63) is 81.1 Å². The molecule has 0 bridgehead atoms. The average Bonchev–Trinajstić information content (AvgIpc) is 3.34. The topological polar surface area (TPSA) is 121 Å². The second kappa shape index (κ2) is 12.0. The Bertz CT molecular complexity index is 1620. The second-order valence-corrected chi connectivity index (χ2v) is 11.1. The van der Waals surface area contributed by atoms with E-state index < -0.39 is 12.7 Å². The van der Waals surface area contributed by atoms with Gasteiger partial charge in [0, 0.05) is 43.6 Å². The van der Waals surface area contributed by atoms with Crippen molar-refractivity contribution in [2.45, 2.75) is 58.5 Å². The number of carbonyl (C=O) groups excluding carboxylic acids is 3. The Hall–Kier alpha value is -4.50.